The SMILES string of the molecule is Cc1cc(Br)ccc1N1CCN(C(=S)Nc2ccc(C(=O)O)c(Cl)c2)CC1. The molecule has 1 heterocycles. The first-order chi connectivity index (χ1) is 12.8. The molecule has 0 saturated carbocycles. The Labute approximate surface area is 177 Å². The summed E-state index contributed by atoms with van der Waals surface area (Å²) in [7, 11) is 0. The van der Waals surface area contributed by atoms with Gasteiger partial charge in [-0.3, -0.25) is 0 Å². The third-order valence-electron chi connectivity index (χ3n) is 4.52. The molecular formula is C19H19BrClN3O2S. The lowest BCUT2D eigenvalue weighted by atomic mass is 10.1. The molecule has 0 unspecified atom stereocenters. The number of nitrogens with one attached hydrogen (secondary N) is 1. The van der Waals surface area contributed by atoms with Gasteiger partial charge in [0, 0.05) is 42.0 Å². The number of hydrogen-bond acceptors (Lipinski definition) is 3. The number of anilines is 2. The monoisotopic (exact) mass is 467 g/mol. The number of carboxylic acids is 1. The number of nitrogens with zero attached hydrogens (tertiary/aromatic N) is 2. The van der Waals surface area contributed by atoms with Gasteiger partial charge in [0.25, 0.3) is 0 Å². The molecule has 3 rings (SSSR count). The molecule has 2 aromatic carbocycles. The van der Waals surface area contributed by atoms with Crippen LogP contribution in [0.1, 0.15) is 15.9 Å². The van der Waals surface area contributed by atoms with Crippen molar-refractivity contribution in [2.45, 2.75) is 6.92 Å². The van der Waals surface area contributed by atoms with E-state index in [2.05, 4.69) is 56.2 Å². The number of halogens is 2. The lowest BCUT2D eigenvalue weighted by molar-refractivity contribution is 0.0697. The lowest BCUT2D eigenvalue weighted by Crippen LogP contribution is -2.50. The van der Waals surface area contributed by atoms with Crippen LogP contribution in [-0.4, -0.2) is 47.3 Å². The van der Waals surface area contributed by atoms with Crippen molar-refractivity contribution in [2.24, 2.45) is 0 Å². The molecule has 8 heteroatoms. The zero-order chi connectivity index (χ0) is 19.6. The summed E-state index contributed by atoms with van der Waals surface area (Å²) in [6.07, 6.45) is 0. The summed E-state index contributed by atoms with van der Waals surface area (Å²) in [5, 5.41) is 13.0. The Bertz CT molecular complexity index is 885. The second-order valence-electron chi connectivity index (χ2n) is 6.33. The van der Waals surface area contributed by atoms with Crippen LogP contribution in [0, 0.1) is 6.92 Å². The molecule has 1 fully saturated rings. The first-order valence-corrected chi connectivity index (χ1v) is 10.0. The van der Waals surface area contributed by atoms with Gasteiger partial charge in [-0.05, 0) is 61.1 Å². The number of hydrogen-bond donors (Lipinski definition) is 2. The molecule has 0 spiro atoms. The number of benzene rings is 2. The lowest BCUT2D eigenvalue weighted by Gasteiger charge is -2.38. The summed E-state index contributed by atoms with van der Waals surface area (Å²) < 4.78 is 1.08. The Morgan fingerprint density at radius 3 is 2.48 bits per heavy atom. The van der Waals surface area contributed by atoms with Crippen molar-refractivity contribution < 1.29 is 9.90 Å². The van der Waals surface area contributed by atoms with Crippen LogP contribution in [0.2, 0.25) is 5.02 Å². The maximum Gasteiger partial charge on any atom is 0.337 e. The third kappa shape index (κ3) is 4.72. The van der Waals surface area contributed by atoms with Crippen LogP contribution in [0.5, 0.6) is 0 Å². The molecule has 142 valence electrons. The second-order valence-corrected chi connectivity index (χ2v) is 8.04. The molecule has 2 N–H and O–H groups in total. The standard InChI is InChI=1S/C19H19BrClN3O2S/c1-12-10-13(20)2-5-17(12)23-6-8-24(9-7-23)19(27)22-14-3-4-15(18(25)26)16(21)11-14/h2-5,10-11H,6-9H2,1H3,(H,22,27)(H,25,26). The van der Waals surface area contributed by atoms with E-state index >= 15 is 0 Å². The predicted molar refractivity (Wildman–Crippen MR) is 117 cm³/mol. The fourth-order valence-electron chi connectivity index (χ4n) is 3.09. The number of aromatic carboxylic acids is 1. The smallest absolute Gasteiger partial charge is 0.337 e. The van der Waals surface area contributed by atoms with E-state index in [1.165, 1.54) is 17.3 Å². The quantitative estimate of drug-likeness (QED) is 0.641. The highest BCUT2D eigenvalue weighted by Gasteiger charge is 2.20. The van der Waals surface area contributed by atoms with Crippen molar-refractivity contribution in [3.63, 3.8) is 0 Å². The van der Waals surface area contributed by atoms with Gasteiger partial charge in [0.15, 0.2) is 5.11 Å². The second kappa shape index (κ2) is 8.46. The highest BCUT2D eigenvalue weighted by atomic mass is 79.9. The minimum Gasteiger partial charge on any atom is -0.478 e. The van der Waals surface area contributed by atoms with Gasteiger partial charge in [-0.15, -0.1) is 0 Å². The van der Waals surface area contributed by atoms with Gasteiger partial charge in [0.2, 0.25) is 0 Å². The molecule has 5 nitrogen and oxygen atoms in total. The minimum atomic E-state index is -1.05. The van der Waals surface area contributed by atoms with Crippen molar-refractivity contribution in [2.75, 3.05) is 36.4 Å². The van der Waals surface area contributed by atoms with Crippen molar-refractivity contribution in [3.8, 4) is 0 Å². The normalized spacial score (nSPS) is 14.2. The zero-order valence-electron chi connectivity index (χ0n) is 14.7. The number of aryl methyl sites for hydroxylation is 1. The van der Waals surface area contributed by atoms with Crippen LogP contribution in [0.25, 0.3) is 0 Å². The summed E-state index contributed by atoms with van der Waals surface area (Å²) in [4.78, 5) is 15.5. The highest BCUT2D eigenvalue weighted by Crippen LogP contribution is 2.25. The molecule has 0 atom stereocenters. The fourth-order valence-corrected chi connectivity index (χ4v) is 4.13. The maximum atomic E-state index is 11.0. The molecule has 0 aromatic heterocycles. The Kier molecular flexibility index (Phi) is 6.24. The largest absolute Gasteiger partial charge is 0.478 e. The van der Waals surface area contributed by atoms with Gasteiger partial charge in [0.1, 0.15) is 0 Å². The number of piperazine rings is 1. The number of rotatable bonds is 3. The van der Waals surface area contributed by atoms with E-state index in [4.69, 9.17) is 28.9 Å². The van der Waals surface area contributed by atoms with E-state index in [-0.39, 0.29) is 10.6 Å². The number of carboxylic acid groups (broad SMARTS) is 1. The van der Waals surface area contributed by atoms with E-state index in [0.29, 0.717) is 10.8 Å². The van der Waals surface area contributed by atoms with Crippen LogP contribution in [-0.2, 0) is 0 Å². The van der Waals surface area contributed by atoms with E-state index in [1.807, 2.05) is 0 Å². The molecule has 1 saturated heterocycles. The Hall–Kier alpha value is -1.83. The van der Waals surface area contributed by atoms with Crippen LogP contribution in [0.15, 0.2) is 40.9 Å². The van der Waals surface area contributed by atoms with E-state index < -0.39 is 5.97 Å². The van der Waals surface area contributed by atoms with Crippen LogP contribution in [0.4, 0.5) is 11.4 Å². The first-order valence-electron chi connectivity index (χ1n) is 8.45. The summed E-state index contributed by atoms with van der Waals surface area (Å²) in [6.45, 7) is 5.49. The predicted octanol–water partition coefficient (Wildman–Crippen LogP) is 4.63. The van der Waals surface area contributed by atoms with Crippen molar-refractivity contribution in [3.05, 3.63) is 57.0 Å². The molecule has 1 aliphatic heterocycles. The van der Waals surface area contributed by atoms with E-state index in [9.17, 15) is 4.79 Å². The molecule has 1 aliphatic rings. The van der Waals surface area contributed by atoms with Gasteiger partial charge >= 0.3 is 5.97 Å². The number of carbonyl (C=O) groups is 1. The molecular weight excluding hydrogens is 450 g/mol. The van der Waals surface area contributed by atoms with E-state index in [1.54, 1.807) is 12.1 Å². The van der Waals surface area contributed by atoms with Gasteiger partial charge in [-0.25, -0.2) is 4.79 Å². The van der Waals surface area contributed by atoms with E-state index in [0.717, 1.165) is 30.7 Å². The highest BCUT2D eigenvalue weighted by molar-refractivity contribution is 9.10. The number of thiocarbonyl (C=S) groups is 1. The summed E-state index contributed by atoms with van der Waals surface area (Å²) in [6, 6.07) is 11.0. The Morgan fingerprint density at radius 2 is 1.89 bits per heavy atom. The van der Waals surface area contributed by atoms with Crippen LogP contribution >= 0.6 is 39.7 Å². The van der Waals surface area contributed by atoms with Gasteiger partial charge in [0.05, 0.1) is 10.6 Å². The van der Waals surface area contributed by atoms with Crippen LogP contribution in [0.3, 0.4) is 0 Å². The molecule has 0 amide bonds. The molecule has 0 bridgehead atoms. The topological polar surface area (TPSA) is 55.8 Å². The Balaban J connectivity index is 1.60. The average molecular weight is 469 g/mol. The molecule has 0 aliphatic carbocycles. The Morgan fingerprint density at radius 1 is 1.19 bits per heavy atom. The van der Waals surface area contributed by atoms with Crippen molar-refractivity contribution in [1.29, 1.82) is 0 Å². The van der Waals surface area contributed by atoms with Gasteiger partial charge in [-0.2, -0.15) is 0 Å². The average Bonchev–Trinajstić information content (AvgIpc) is 2.61. The zero-order valence-corrected chi connectivity index (χ0v) is 17.9. The van der Waals surface area contributed by atoms with Crippen molar-refractivity contribution >= 4 is 62.2 Å². The summed E-state index contributed by atoms with van der Waals surface area (Å²) in [5.41, 5.74) is 3.24. The van der Waals surface area contributed by atoms with Crippen LogP contribution < -0.4 is 10.2 Å². The fraction of sp³-hybridized carbons (Fsp3) is 0.263. The van der Waals surface area contributed by atoms with Crippen molar-refractivity contribution in [1.82, 2.24) is 4.90 Å². The summed E-state index contributed by atoms with van der Waals surface area (Å²) in [5.74, 6) is -1.05. The summed E-state index contributed by atoms with van der Waals surface area (Å²) >= 11 is 15.0. The van der Waals surface area contributed by atoms with Gasteiger partial charge < -0.3 is 20.2 Å². The minimum absolute atomic E-state index is 0.0756. The molecule has 0 radical (unpaired) electrons. The maximum absolute atomic E-state index is 11.0. The third-order valence-corrected chi connectivity index (χ3v) is 5.68. The van der Waals surface area contributed by atoms with Gasteiger partial charge in [-0.1, -0.05) is 27.5 Å². The first kappa shape index (κ1) is 19.9. The molecule has 27 heavy (non-hydrogen) atoms. The molecule has 2 aromatic rings.